The molecular weight excluding hydrogens is 364 g/mol. The lowest BCUT2D eigenvalue weighted by Crippen LogP contribution is -2.27. The number of hydrogen-bond donors (Lipinski definition) is 2. The first-order valence-electron chi connectivity index (χ1n) is 9.49. The van der Waals surface area contributed by atoms with E-state index in [0.29, 0.717) is 24.2 Å². The van der Waals surface area contributed by atoms with Gasteiger partial charge in [-0.15, -0.1) is 0 Å². The molecule has 3 aromatic carbocycles. The van der Waals surface area contributed by atoms with Crippen molar-refractivity contribution >= 4 is 11.8 Å². The Morgan fingerprint density at radius 2 is 1.41 bits per heavy atom. The number of benzene rings is 3. The molecule has 3 rings (SSSR count). The average molecular weight is 388 g/mol. The number of amides is 2. The van der Waals surface area contributed by atoms with Gasteiger partial charge in [-0.3, -0.25) is 9.59 Å². The third-order valence-electron chi connectivity index (χ3n) is 4.54. The Balaban J connectivity index is 1.53. The number of ether oxygens (including phenoxy) is 1. The summed E-state index contributed by atoms with van der Waals surface area (Å²) in [5, 5.41) is 5.77. The van der Waals surface area contributed by atoms with Crippen molar-refractivity contribution < 1.29 is 14.3 Å². The summed E-state index contributed by atoms with van der Waals surface area (Å²) in [6.07, 6.45) is 0.759. The smallest absolute Gasteiger partial charge is 0.251 e. The molecule has 0 radical (unpaired) electrons. The van der Waals surface area contributed by atoms with Crippen LogP contribution in [0.2, 0.25) is 0 Å². The van der Waals surface area contributed by atoms with Gasteiger partial charge in [0.1, 0.15) is 5.75 Å². The highest BCUT2D eigenvalue weighted by Gasteiger charge is 2.10. The maximum absolute atomic E-state index is 12.4. The van der Waals surface area contributed by atoms with Crippen molar-refractivity contribution in [1.82, 2.24) is 10.6 Å². The minimum absolute atomic E-state index is 0.189. The molecule has 0 aliphatic carbocycles. The summed E-state index contributed by atoms with van der Waals surface area (Å²) in [5.41, 5.74) is 3.05. The lowest BCUT2D eigenvalue weighted by Gasteiger charge is -2.09. The Morgan fingerprint density at radius 3 is 2.07 bits per heavy atom. The molecule has 0 atom stereocenters. The minimum atomic E-state index is -0.222. The highest BCUT2D eigenvalue weighted by molar-refractivity contribution is 5.99. The minimum Gasteiger partial charge on any atom is -0.497 e. The molecule has 0 spiro atoms. The summed E-state index contributed by atoms with van der Waals surface area (Å²) in [6.45, 7) is 0.938. The molecule has 0 unspecified atom stereocenters. The van der Waals surface area contributed by atoms with Crippen LogP contribution in [0.5, 0.6) is 5.75 Å². The van der Waals surface area contributed by atoms with Crippen molar-refractivity contribution in [2.75, 3.05) is 13.7 Å². The summed E-state index contributed by atoms with van der Waals surface area (Å²) in [5.74, 6) is 0.358. The first-order chi connectivity index (χ1) is 14.2. The van der Waals surface area contributed by atoms with Crippen LogP contribution in [-0.4, -0.2) is 25.5 Å². The molecule has 29 heavy (non-hydrogen) atoms. The van der Waals surface area contributed by atoms with Crippen molar-refractivity contribution in [3.63, 3.8) is 0 Å². The highest BCUT2D eigenvalue weighted by atomic mass is 16.5. The van der Waals surface area contributed by atoms with Gasteiger partial charge in [0, 0.05) is 24.2 Å². The van der Waals surface area contributed by atoms with Gasteiger partial charge < -0.3 is 15.4 Å². The van der Waals surface area contributed by atoms with E-state index in [1.54, 1.807) is 31.4 Å². The second-order valence-corrected chi connectivity index (χ2v) is 6.60. The number of nitrogens with one attached hydrogen (secondary N) is 2. The Bertz CT molecular complexity index is 953. The summed E-state index contributed by atoms with van der Waals surface area (Å²) in [7, 11) is 1.61. The van der Waals surface area contributed by atoms with Gasteiger partial charge in [-0.2, -0.15) is 0 Å². The van der Waals surface area contributed by atoms with Crippen LogP contribution in [0.1, 0.15) is 31.8 Å². The van der Waals surface area contributed by atoms with E-state index in [2.05, 4.69) is 10.6 Å². The van der Waals surface area contributed by atoms with Crippen LogP contribution in [0.15, 0.2) is 78.9 Å². The van der Waals surface area contributed by atoms with Crippen LogP contribution >= 0.6 is 0 Å². The number of methoxy groups -OCH3 is 1. The molecule has 3 aromatic rings. The van der Waals surface area contributed by atoms with Gasteiger partial charge in [-0.05, 0) is 47.9 Å². The Labute approximate surface area is 170 Å². The Kier molecular flexibility index (Phi) is 7.00. The van der Waals surface area contributed by atoms with Crippen molar-refractivity contribution in [3.05, 3.63) is 101 Å². The Hall–Kier alpha value is -3.60. The van der Waals surface area contributed by atoms with Gasteiger partial charge in [0.25, 0.3) is 11.8 Å². The van der Waals surface area contributed by atoms with E-state index < -0.39 is 0 Å². The van der Waals surface area contributed by atoms with Crippen molar-refractivity contribution in [1.29, 1.82) is 0 Å². The molecule has 5 nitrogen and oxygen atoms in total. The predicted molar refractivity (Wildman–Crippen MR) is 113 cm³/mol. The molecule has 148 valence electrons. The van der Waals surface area contributed by atoms with E-state index in [4.69, 9.17) is 4.74 Å². The fourth-order valence-corrected chi connectivity index (χ4v) is 2.90. The van der Waals surface area contributed by atoms with Crippen LogP contribution in [0, 0.1) is 0 Å². The fourth-order valence-electron chi connectivity index (χ4n) is 2.90. The zero-order chi connectivity index (χ0) is 20.5. The maximum atomic E-state index is 12.4. The van der Waals surface area contributed by atoms with Gasteiger partial charge in [0.05, 0.1) is 7.11 Å². The van der Waals surface area contributed by atoms with Gasteiger partial charge in [-0.1, -0.05) is 48.5 Å². The van der Waals surface area contributed by atoms with E-state index in [9.17, 15) is 9.59 Å². The highest BCUT2D eigenvalue weighted by Crippen LogP contribution is 2.11. The SMILES string of the molecule is COc1ccc(CNC(=O)c2cccc(C(=O)NCCc3ccccc3)c2)cc1. The molecule has 2 N–H and O–H groups in total. The van der Waals surface area contributed by atoms with Crippen LogP contribution < -0.4 is 15.4 Å². The van der Waals surface area contributed by atoms with Gasteiger partial charge >= 0.3 is 0 Å². The number of carbonyl (C=O) groups excluding carboxylic acids is 2. The predicted octanol–water partition coefficient (Wildman–Crippen LogP) is 3.60. The molecular formula is C24H24N2O3. The van der Waals surface area contributed by atoms with Crippen molar-refractivity contribution in [2.45, 2.75) is 13.0 Å². The first-order valence-corrected chi connectivity index (χ1v) is 9.49. The summed E-state index contributed by atoms with van der Waals surface area (Å²) < 4.78 is 5.13. The second-order valence-electron chi connectivity index (χ2n) is 6.60. The van der Waals surface area contributed by atoms with Crippen LogP contribution in [0.4, 0.5) is 0 Å². The van der Waals surface area contributed by atoms with E-state index in [1.807, 2.05) is 54.6 Å². The standard InChI is InChI=1S/C24H24N2O3/c1-29-22-12-10-19(11-13-22)17-26-24(28)21-9-5-8-20(16-21)23(27)25-15-14-18-6-3-2-4-7-18/h2-13,16H,14-15,17H2,1H3,(H,25,27)(H,26,28). The monoisotopic (exact) mass is 388 g/mol. The van der Waals surface area contributed by atoms with Crippen LogP contribution in [0.25, 0.3) is 0 Å². The van der Waals surface area contributed by atoms with Gasteiger partial charge in [-0.25, -0.2) is 0 Å². The molecule has 0 aliphatic rings. The fraction of sp³-hybridized carbons (Fsp3) is 0.167. The van der Waals surface area contributed by atoms with E-state index in [-0.39, 0.29) is 11.8 Å². The quantitative estimate of drug-likeness (QED) is 0.620. The lowest BCUT2D eigenvalue weighted by molar-refractivity contribution is 0.0950. The van der Waals surface area contributed by atoms with Crippen LogP contribution in [-0.2, 0) is 13.0 Å². The molecule has 0 aliphatic heterocycles. The van der Waals surface area contributed by atoms with E-state index in [0.717, 1.165) is 17.7 Å². The first kappa shape index (κ1) is 20.1. The number of rotatable bonds is 8. The van der Waals surface area contributed by atoms with Gasteiger partial charge in [0.15, 0.2) is 0 Å². The summed E-state index contributed by atoms with van der Waals surface area (Å²) in [6, 6.07) is 24.2. The number of carbonyl (C=O) groups is 2. The molecule has 0 saturated heterocycles. The number of hydrogen-bond acceptors (Lipinski definition) is 3. The average Bonchev–Trinajstić information content (AvgIpc) is 2.78. The molecule has 0 heterocycles. The zero-order valence-electron chi connectivity index (χ0n) is 16.4. The zero-order valence-corrected chi connectivity index (χ0v) is 16.4. The van der Waals surface area contributed by atoms with Gasteiger partial charge in [0.2, 0.25) is 0 Å². The third kappa shape index (κ3) is 5.94. The molecule has 2 amide bonds. The van der Waals surface area contributed by atoms with E-state index in [1.165, 1.54) is 5.56 Å². The Morgan fingerprint density at radius 1 is 0.759 bits per heavy atom. The third-order valence-corrected chi connectivity index (χ3v) is 4.54. The topological polar surface area (TPSA) is 67.4 Å². The van der Waals surface area contributed by atoms with Crippen LogP contribution in [0.3, 0.4) is 0 Å². The molecule has 5 heteroatoms. The lowest BCUT2D eigenvalue weighted by atomic mass is 10.1. The summed E-state index contributed by atoms with van der Waals surface area (Å²) in [4.78, 5) is 24.8. The normalized spacial score (nSPS) is 10.2. The van der Waals surface area contributed by atoms with E-state index >= 15 is 0 Å². The van der Waals surface area contributed by atoms with Crippen molar-refractivity contribution in [3.8, 4) is 5.75 Å². The molecule has 0 fully saturated rings. The second kappa shape index (κ2) is 10.1. The van der Waals surface area contributed by atoms with Crippen molar-refractivity contribution in [2.24, 2.45) is 0 Å². The molecule has 0 bridgehead atoms. The molecule has 0 aromatic heterocycles. The molecule has 0 saturated carbocycles. The largest absolute Gasteiger partial charge is 0.497 e. The summed E-state index contributed by atoms with van der Waals surface area (Å²) >= 11 is 0. The maximum Gasteiger partial charge on any atom is 0.251 e.